The van der Waals surface area contributed by atoms with Crippen LogP contribution in [0.4, 0.5) is 0 Å². The number of hydrogen-bond donors (Lipinski definition) is 3. The summed E-state index contributed by atoms with van der Waals surface area (Å²) in [6.07, 6.45) is 6.23. The zero-order valence-corrected chi connectivity index (χ0v) is 34.0. The Morgan fingerprint density at radius 3 is 1.44 bits per heavy atom. The van der Waals surface area contributed by atoms with E-state index in [1.807, 2.05) is 6.92 Å². The number of furan rings is 6. The van der Waals surface area contributed by atoms with Crippen LogP contribution >= 0.6 is 11.6 Å². The average Bonchev–Trinajstić information content (AvgIpc) is 4.15. The van der Waals surface area contributed by atoms with Gasteiger partial charge in [0.2, 0.25) is 5.78 Å². The number of ether oxygens (including phenoxy) is 1. The van der Waals surface area contributed by atoms with Crippen molar-refractivity contribution in [2.75, 3.05) is 13.2 Å². The molecule has 0 aliphatic carbocycles. The van der Waals surface area contributed by atoms with Crippen molar-refractivity contribution in [1.82, 2.24) is 0 Å². The minimum atomic E-state index is -0.916. The summed E-state index contributed by atoms with van der Waals surface area (Å²) in [6.45, 7) is 5.52. The number of carboxylic acid groups (broad SMARTS) is 1. The molecular weight excluding hydrogens is 828 g/mol. The van der Waals surface area contributed by atoms with Gasteiger partial charge in [-0.05, 0) is 93.6 Å². The quantitative estimate of drug-likeness (QED) is 0.0513. The number of aliphatic hydroxyl groups is 2. The fraction of sp³-hybridized carbons (Fsp3) is 0.238. The molecule has 0 aromatic carbocycles. The SMILES string of the molecule is CC(=O)CCC(=O)O.CCOCc1ccc(C=O)o1.Cc1ccc(C=O)o1.O=C(CO)c1ccco1.O=Cc1ccc(CCl)o1.O=Cc1ccc(CO)o1.O=Cc1ccco1. The van der Waals surface area contributed by atoms with Gasteiger partial charge in [-0.25, -0.2) is 0 Å². The molecule has 0 fully saturated rings. The first-order chi connectivity index (χ1) is 29.3. The van der Waals surface area contributed by atoms with Crippen LogP contribution in [0.25, 0.3) is 0 Å². The Labute approximate surface area is 353 Å². The Kier molecular flexibility index (Phi) is 30.0. The van der Waals surface area contributed by atoms with Gasteiger partial charge in [0.05, 0.1) is 24.8 Å². The molecule has 6 aromatic heterocycles. The number of carbonyl (C=O) groups excluding carboxylic acids is 7. The number of carboxylic acids is 1. The van der Waals surface area contributed by atoms with E-state index in [4.69, 9.17) is 49.3 Å². The van der Waals surface area contributed by atoms with Gasteiger partial charge in [0, 0.05) is 13.0 Å². The van der Waals surface area contributed by atoms with Crippen LogP contribution in [0.5, 0.6) is 0 Å². The zero-order valence-electron chi connectivity index (χ0n) is 33.3. The van der Waals surface area contributed by atoms with Gasteiger partial charge in [-0.2, -0.15) is 0 Å². The van der Waals surface area contributed by atoms with E-state index in [-0.39, 0.29) is 42.5 Å². The Morgan fingerprint density at radius 1 is 0.639 bits per heavy atom. The van der Waals surface area contributed by atoms with Crippen molar-refractivity contribution >= 4 is 60.6 Å². The summed E-state index contributed by atoms with van der Waals surface area (Å²) in [7, 11) is 0. The van der Waals surface area contributed by atoms with Crippen LogP contribution in [-0.2, 0) is 33.4 Å². The van der Waals surface area contributed by atoms with Crippen LogP contribution < -0.4 is 0 Å². The molecule has 6 aromatic rings. The van der Waals surface area contributed by atoms with Gasteiger partial charge < -0.3 is 51.4 Å². The maximum Gasteiger partial charge on any atom is 0.303 e. The van der Waals surface area contributed by atoms with E-state index < -0.39 is 12.6 Å². The molecule has 18 nitrogen and oxygen atoms in total. The molecule has 0 aliphatic heterocycles. The third-order valence-corrected chi connectivity index (χ3v) is 6.56. The number of hydrogen-bond acceptors (Lipinski definition) is 17. The summed E-state index contributed by atoms with van der Waals surface area (Å²) in [6, 6.07) is 19.5. The molecule has 0 aliphatic rings. The lowest BCUT2D eigenvalue weighted by molar-refractivity contribution is -0.138. The first-order valence-electron chi connectivity index (χ1n) is 17.6. The highest BCUT2D eigenvalue weighted by atomic mass is 35.5. The normalized spacial score (nSPS) is 9.28. The van der Waals surface area contributed by atoms with Crippen molar-refractivity contribution in [3.63, 3.8) is 0 Å². The van der Waals surface area contributed by atoms with Crippen molar-refractivity contribution < 1.29 is 84.9 Å². The Bertz CT molecular complexity index is 2030. The number of carbonyl (C=O) groups is 8. The number of aryl methyl sites for hydroxylation is 1. The Balaban J connectivity index is 0.000000691. The first kappa shape index (κ1) is 54.0. The van der Waals surface area contributed by atoms with Gasteiger partial charge in [-0.3, -0.25) is 33.6 Å². The summed E-state index contributed by atoms with van der Waals surface area (Å²) in [5, 5.41) is 24.7. The van der Waals surface area contributed by atoms with Crippen LogP contribution in [-0.4, -0.2) is 77.5 Å². The zero-order chi connectivity index (χ0) is 45.8. The number of alkyl halides is 1. The standard InChI is InChI=1S/C8H10O3.C6H5ClO2.2C6H6O3.C6H6O2.C5H8O3.C5H4O2/c1-2-10-6-8-4-3-7(5-9)11-8;2*7-3-5-1-2-6(4-8)9-5;7-4-5(8)6-2-1-3-9-6;1-5-2-3-6(4-7)8-5;1-4(6)2-3-5(7)8;6-4-5-2-1-3-7-5/h3-5H,2,6H2,1H3;1-2,4H,3H2;1-3,8H,4H2;1-3,7H,4H2;2-4H,1H3;2-3H2,1H3,(H,7,8);1-4H. The monoisotopic (exact) mass is 872 g/mol. The van der Waals surface area contributed by atoms with E-state index in [9.17, 15) is 38.4 Å². The topological polar surface area (TPSA) is 285 Å². The minimum absolute atomic E-state index is 0.0463. The maximum atomic E-state index is 10.5. The highest BCUT2D eigenvalue weighted by Gasteiger charge is 2.04. The lowest BCUT2D eigenvalue weighted by atomic mass is 10.2. The van der Waals surface area contributed by atoms with Crippen LogP contribution in [0.3, 0.4) is 0 Å². The summed E-state index contributed by atoms with van der Waals surface area (Å²) in [5.41, 5.74) is 0. The number of aliphatic carboxylic acids is 1. The fourth-order valence-corrected chi connectivity index (χ4v) is 3.63. The summed E-state index contributed by atoms with van der Waals surface area (Å²) >= 11 is 5.39. The number of Topliss-reactive ketones (excluding diaryl/α,β-unsaturated/α-hetero) is 2. The summed E-state index contributed by atoms with van der Waals surface area (Å²) in [5.74, 6) is 3.32. The van der Waals surface area contributed by atoms with Crippen LogP contribution in [0, 0.1) is 6.92 Å². The van der Waals surface area contributed by atoms with E-state index in [0.29, 0.717) is 90.8 Å². The third kappa shape index (κ3) is 26.6. The molecule has 0 bridgehead atoms. The van der Waals surface area contributed by atoms with E-state index in [1.54, 1.807) is 67.6 Å². The third-order valence-electron chi connectivity index (χ3n) is 6.30. The fourth-order valence-electron chi connectivity index (χ4n) is 3.48. The highest BCUT2D eigenvalue weighted by molar-refractivity contribution is 6.16. The predicted octanol–water partition coefficient (Wildman–Crippen LogP) is 7.43. The van der Waals surface area contributed by atoms with Gasteiger partial charge >= 0.3 is 5.97 Å². The Hall–Kier alpha value is -6.99. The number of aliphatic hydroxyl groups excluding tert-OH is 2. The molecule has 0 atom stereocenters. The first-order valence-corrected chi connectivity index (χ1v) is 18.1. The van der Waals surface area contributed by atoms with Crippen LogP contribution in [0.1, 0.15) is 113 Å². The molecule has 0 spiro atoms. The van der Waals surface area contributed by atoms with Gasteiger partial charge in [0.15, 0.2) is 66.0 Å². The van der Waals surface area contributed by atoms with E-state index >= 15 is 0 Å². The molecule has 0 amide bonds. The van der Waals surface area contributed by atoms with Gasteiger partial charge in [0.1, 0.15) is 48.6 Å². The summed E-state index contributed by atoms with van der Waals surface area (Å²) < 4.78 is 33.9. The van der Waals surface area contributed by atoms with Gasteiger partial charge in [-0.15, -0.1) is 11.6 Å². The van der Waals surface area contributed by atoms with Crippen LogP contribution in [0.2, 0.25) is 0 Å². The summed E-state index contributed by atoms with van der Waals surface area (Å²) in [4.78, 5) is 80.2. The molecule has 0 unspecified atom stereocenters. The van der Waals surface area contributed by atoms with Crippen molar-refractivity contribution in [2.45, 2.75) is 52.7 Å². The van der Waals surface area contributed by atoms with Crippen molar-refractivity contribution in [2.24, 2.45) is 0 Å². The second kappa shape index (κ2) is 33.9. The van der Waals surface area contributed by atoms with E-state index in [0.717, 1.165) is 5.76 Å². The molecule has 0 saturated carbocycles. The smallest absolute Gasteiger partial charge is 0.303 e. The average molecular weight is 873 g/mol. The van der Waals surface area contributed by atoms with Crippen molar-refractivity contribution in [3.05, 3.63) is 143 Å². The van der Waals surface area contributed by atoms with Gasteiger partial charge in [0.25, 0.3) is 0 Å². The minimum Gasteiger partial charge on any atom is -0.481 e. The van der Waals surface area contributed by atoms with Crippen LogP contribution in [0.15, 0.2) is 112 Å². The predicted molar refractivity (Wildman–Crippen MR) is 214 cm³/mol. The second-order valence-corrected chi connectivity index (χ2v) is 11.3. The molecule has 0 radical (unpaired) electrons. The maximum absolute atomic E-state index is 10.5. The van der Waals surface area contributed by atoms with Crippen molar-refractivity contribution in [1.29, 1.82) is 0 Å². The molecule has 19 heteroatoms. The molecule has 3 N–H and O–H groups in total. The molecule has 61 heavy (non-hydrogen) atoms. The molecule has 6 heterocycles. The number of aldehydes is 5. The lowest BCUT2D eigenvalue weighted by Crippen LogP contribution is -2.01. The van der Waals surface area contributed by atoms with E-state index in [2.05, 4.69) is 8.83 Å². The number of ketones is 2. The Morgan fingerprint density at radius 2 is 1.13 bits per heavy atom. The second-order valence-electron chi connectivity index (χ2n) is 11.0. The van der Waals surface area contributed by atoms with E-state index in [1.165, 1.54) is 31.6 Å². The number of halogens is 1. The van der Waals surface area contributed by atoms with Crippen molar-refractivity contribution in [3.8, 4) is 0 Å². The molecule has 328 valence electrons. The van der Waals surface area contributed by atoms with Gasteiger partial charge in [-0.1, -0.05) is 0 Å². The lowest BCUT2D eigenvalue weighted by Gasteiger charge is -1.94. The molecular formula is C42H45ClO18. The largest absolute Gasteiger partial charge is 0.481 e. The number of rotatable bonds is 15. The molecule has 6 rings (SSSR count). The molecule has 0 saturated heterocycles. The highest BCUT2D eigenvalue weighted by Crippen LogP contribution is 2.08.